The van der Waals surface area contributed by atoms with Gasteiger partial charge in [-0.3, -0.25) is 0 Å². The zero-order chi connectivity index (χ0) is 12.1. The summed E-state index contributed by atoms with van der Waals surface area (Å²) in [6.07, 6.45) is 0. The van der Waals surface area contributed by atoms with E-state index in [-0.39, 0.29) is 0 Å². The van der Waals surface area contributed by atoms with E-state index in [0.717, 1.165) is 36.3 Å². The number of hydrogen-bond acceptors (Lipinski definition) is 2. The fourth-order valence-corrected chi connectivity index (χ4v) is 2.10. The molecule has 1 aliphatic heterocycles. The predicted molar refractivity (Wildman–Crippen MR) is 71.9 cm³/mol. The van der Waals surface area contributed by atoms with Gasteiger partial charge in [-0.2, -0.15) is 0 Å². The van der Waals surface area contributed by atoms with E-state index in [2.05, 4.69) is 25.8 Å². The average Bonchev–Trinajstić information content (AvgIpc) is 2.38. The first-order valence-corrected chi connectivity index (χ1v) is 6.42. The van der Waals surface area contributed by atoms with Gasteiger partial charge >= 0.3 is 0 Å². The first kappa shape index (κ1) is 12.4. The molecule has 0 saturated carbocycles. The number of nitrogens with zero attached hydrogens (tertiary/aromatic N) is 2. The number of halogens is 1. The molecule has 2 N–H and O–H groups in total. The van der Waals surface area contributed by atoms with E-state index in [0.29, 0.717) is 12.5 Å². The lowest BCUT2D eigenvalue weighted by Crippen LogP contribution is -2.44. The maximum Gasteiger partial charge on any atom is 0.191 e. The van der Waals surface area contributed by atoms with Crippen LogP contribution in [0.3, 0.4) is 0 Å². The van der Waals surface area contributed by atoms with Gasteiger partial charge in [-0.25, -0.2) is 4.99 Å². The van der Waals surface area contributed by atoms with Gasteiger partial charge in [-0.15, -0.1) is 0 Å². The van der Waals surface area contributed by atoms with Crippen molar-refractivity contribution in [3.05, 3.63) is 34.3 Å². The van der Waals surface area contributed by atoms with E-state index in [9.17, 15) is 0 Å². The molecule has 0 bridgehead atoms. The van der Waals surface area contributed by atoms with Gasteiger partial charge in [0.1, 0.15) is 0 Å². The molecule has 4 nitrogen and oxygen atoms in total. The summed E-state index contributed by atoms with van der Waals surface area (Å²) >= 11 is 3.50. The van der Waals surface area contributed by atoms with Crippen molar-refractivity contribution >= 4 is 21.9 Å². The molecule has 1 aromatic rings. The Morgan fingerprint density at radius 3 is 2.76 bits per heavy atom. The third-order valence-electron chi connectivity index (χ3n) is 2.70. The molecule has 1 saturated heterocycles. The van der Waals surface area contributed by atoms with Gasteiger partial charge in [0.2, 0.25) is 0 Å². The second kappa shape index (κ2) is 6.02. The van der Waals surface area contributed by atoms with Crippen LogP contribution < -0.4 is 5.73 Å². The molecular weight excluding hydrogens is 282 g/mol. The Morgan fingerprint density at radius 2 is 2.06 bits per heavy atom. The van der Waals surface area contributed by atoms with Crippen LogP contribution in [0, 0.1) is 0 Å². The molecule has 0 unspecified atom stereocenters. The van der Waals surface area contributed by atoms with Gasteiger partial charge in [0.15, 0.2) is 5.96 Å². The van der Waals surface area contributed by atoms with Gasteiger partial charge in [-0.05, 0) is 11.6 Å². The molecule has 0 aromatic heterocycles. The van der Waals surface area contributed by atoms with Gasteiger partial charge in [0, 0.05) is 17.6 Å². The summed E-state index contributed by atoms with van der Waals surface area (Å²) in [7, 11) is 0. The number of rotatable bonds is 2. The van der Waals surface area contributed by atoms with Crippen LogP contribution >= 0.6 is 15.9 Å². The highest BCUT2D eigenvalue weighted by atomic mass is 79.9. The minimum Gasteiger partial charge on any atom is -0.378 e. The number of nitrogens with two attached hydrogens (primary N) is 1. The topological polar surface area (TPSA) is 50.8 Å². The summed E-state index contributed by atoms with van der Waals surface area (Å²) in [4.78, 5) is 6.47. The van der Waals surface area contributed by atoms with E-state index in [1.165, 1.54) is 0 Å². The Bertz CT molecular complexity index is 402. The first-order valence-electron chi connectivity index (χ1n) is 5.63. The number of guanidine groups is 1. The van der Waals surface area contributed by atoms with Crippen LogP contribution in [-0.2, 0) is 11.3 Å². The quantitative estimate of drug-likeness (QED) is 0.666. The number of morpholine rings is 1. The molecule has 1 aliphatic rings. The van der Waals surface area contributed by atoms with Crippen LogP contribution in [0.15, 0.2) is 33.7 Å². The zero-order valence-corrected chi connectivity index (χ0v) is 11.2. The molecule has 92 valence electrons. The Balaban J connectivity index is 1.97. The number of hydrogen-bond donors (Lipinski definition) is 1. The molecule has 1 heterocycles. The summed E-state index contributed by atoms with van der Waals surface area (Å²) in [5.41, 5.74) is 7.09. The number of aliphatic imine (C=N–C) groups is 1. The maximum atomic E-state index is 5.95. The van der Waals surface area contributed by atoms with Crippen molar-refractivity contribution in [2.75, 3.05) is 26.3 Å². The monoisotopic (exact) mass is 297 g/mol. The van der Waals surface area contributed by atoms with Gasteiger partial charge in [0.25, 0.3) is 0 Å². The fraction of sp³-hybridized carbons (Fsp3) is 0.417. The van der Waals surface area contributed by atoms with Crippen molar-refractivity contribution in [2.24, 2.45) is 10.7 Å². The third-order valence-corrected chi connectivity index (χ3v) is 3.48. The number of benzene rings is 1. The minimum absolute atomic E-state index is 0.601. The SMILES string of the molecule is NC(=NCc1ccccc1Br)N1CCOCC1. The molecular formula is C12H16BrN3O. The Morgan fingerprint density at radius 1 is 1.35 bits per heavy atom. The van der Waals surface area contributed by atoms with Crippen LogP contribution in [0.5, 0.6) is 0 Å². The highest BCUT2D eigenvalue weighted by Gasteiger charge is 2.11. The summed E-state index contributed by atoms with van der Waals surface area (Å²) in [5, 5.41) is 0. The molecule has 5 heteroatoms. The van der Waals surface area contributed by atoms with Gasteiger partial charge < -0.3 is 15.4 Å². The molecule has 1 aromatic carbocycles. The molecule has 1 fully saturated rings. The molecule has 0 radical (unpaired) electrons. The van der Waals surface area contributed by atoms with Crippen molar-refractivity contribution in [3.63, 3.8) is 0 Å². The van der Waals surface area contributed by atoms with Crippen molar-refractivity contribution < 1.29 is 4.74 Å². The first-order chi connectivity index (χ1) is 8.27. The molecule has 17 heavy (non-hydrogen) atoms. The van der Waals surface area contributed by atoms with Crippen LogP contribution in [0.25, 0.3) is 0 Å². The van der Waals surface area contributed by atoms with Crippen LogP contribution in [0.2, 0.25) is 0 Å². The highest BCUT2D eigenvalue weighted by Crippen LogP contribution is 2.16. The van der Waals surface area contributed by atoms with E-state index >= 15 is 0 Å². The molecule has 0 amide bonds. The van der Waals surface area contributed by atoms with Crippen molar-refractivity contribution in [1.29, 1.82) is 0 Å². The van der Waals surface area contributed by atoms with Crippen LogP contribution in [-0.4, -0.2) is 37.2 Å². The fourth-order valence-electron chi connectivity index (χ4n) is 1.69. The summed E-state index contributed by atoms with van der Waals surface area (Å²) in [6, 6.07) is 8.04. The van der Waals surface area contributed by atoms with Crippen molar-refractivity contribution in [1.82, 2.24) is 4.90 Å². The largest absolute Gasteiger partial charge is 0.378 e. The predicted octanol–water partition coefficient (Wildman–Crippen LogP) is 1.60. The van der Waals surface area contributed by atoms with Crippen molar-refractivity contribution in [3.8, 4) is 0 Å². The summed E-state index contributed by atoms with van der Waals surface area (Å²) < 4.78 is 6.34. The Hall–Kier alpha value is -1.07. The maximum absolute atomic E-state index is 5.95. The summed E-state index contributed by atoms with van der Waals surface area (Å²) in [6.45, 7) is 3.71. The summed E-state index contributed by atoms with van der Waals surface area (Å²) in [5.74, 6) is 0.601. The number of ether oxygens (including phenoxy) is 1. The van der Waals surface area contributed by atoms with E-state index in [1.807, 2.05) is 24.3 Å². The Labute approximate surface area is 110 Å². The van der Waals surface area contributed by atoms with Crippen LogP contribution in [0.1, 0.15) is 5.56 Å². The molecule has 0 spiro atoms. The molecule has 2 rings (SSSR count). The third kappa shape index (κ3) is 3.44. The zero-order valence-electron chi connectivity index (χ0n) is 9.60. The van der Waals surface area contributed by atoms with E-state index < -0.39 is 0 Å². The lowest BCUT2D eigenvalue weighted by molar-refractivity contribution is 0.0674. The average molecular weight is 298 g/mol. The van der Waals surface area contributed by atoms with Crippen LogP contribution in [0.4, 0.5) is 0 Å². The lowest BCUT2D eigenvalue weighted by atomic mass is 10.2. The normalized spacial score (nSPS) is 17.2. The Kier molecular flexibility index (Phi) is 4.39. The second-order valence-electron chi connectivity index (χ2n) is 3.87. The van der Waals surface area contributed by atoms with Gasteiger partial charge in [-0.1, -0.05) is 34.1 Å². The highest BCUT2D eigenvalue weighted by molar-refractivity contribution is 9.10. The minimum atomic E-state index is 0.601. The van der Waals surface area contributed by atoms with E-state index in [1.54, 1.807) is 0 Å². The van der Waals surface area contributed by atoms with Gasteiger partial charge in [0.05, 0.1) is 19.8 Å². The molecule has 0 atom stereocenters. The second-order valence-corrected chi connectivity index (χ2v) is 4.72. The standard InChI is InChI=1S/C12H16BrN3O/c13-11-4-2-1-3-10(11)9-15-12(14)16-5-7-17-8-6-16/h1-4H,5-9H2,(H2,14,15). The van der Waals surface area contributed by atoms with E-state index in [4.69, 9.17) is 10.5 Å². The lowest BCUT2D eigenvalue weighted by Gasteiger charge is -2.27. The molecule has 0 aliphatic carbocycles. The smallest absolute Gasteiger partial charge is 0.191 e. The van der Waals surface area contributed by atoms with Crippen molar-refractivity contribution in [2.45, 2.75) is 6.54 Å².